The summed E-state index contributed by atoms with van der Waals surface area (Å²) < 4.78 is 0. The third-order valence-electron chi connectivity index (χ3n) is 8.83. The number of aliphatic hydroxyl groups is 1. The van der Waals surface area contributed by atoms with Crippen molar-refractivity contribution in [2.45, 2.75) is 52.6 Å². The van der Waals surface area contributed by atoms with Crippen LogP contribution in [0.25, 0.3) is 0 Å². The van der Waals surface area contributed by atoms with E-state index in [9.17, 15) is 15.0 Å². The number of aliphatic hydroxyl groups excluding tert-OH is 1. The van der Waals surface area contributed by atoms with Crippen LogP contribution >= 0.6 is 69.6 Å². The van der Waals surface area contributed by atoms with Gasteiger partial charge in [-0.3, -0.25) is 4.79 Å². The maximum atomic E-state index is 11.4. The molecule has 0 aromatic heterocycles. The molecule has 0 spiro atoms. The molecule has 6 rings (SSSR count). The van der Waals surface area contributed by atoms with Crippen LogP contribution in [0.2, 0.25) is 30.1 Å². The number of halogens is 6. The number of carbonyl (C=O) groups is 1. The Hall–Kier alpha value is -1.77. The van der Waals surface area contributed by atoms with Gasteiger partial charge in [0.05, 0.1) is 18.0 Å². The van der Waals surface area contributed by atoms with Gasteiger partial charge in [-0.1, -0.05) is 96.6 Å². The molecular formula is C38H42Cl6N2O3V. The van der Waals surface area contributed by atoms with E-state index in [1.54, 1.807) is 12.1 Å². The second-order valence-electron chi connectivity index (χ2n) is 11.9. The Morgan fingerprint density at radius 3 is 1.40 bits per heavy atom. The van der Waals surface area contributed by atoms with Crippen LogP contribution in [0.15, 0.2) is 84.9 Å². The SMILES string of the molecule is C.C.O=C(O)C1CC[C@@H](c2ccc(Cl)cc2Cl)N(c2ccc(Cl)cc2)C1.OC[C@@H]1CC[C@@H](c2ccc(Cl)cc2Cl)N(c2ccc(Cl)cc2)C1.[V]. The number of rotatable bonds is 6. The van der Waals surface area contributed by atoms with Gasteiger partial charge < -0.3 is 20.0 Å². The molecule has 50 heavy (non-hydrogen) atoms. The molecule has 4 aromatic rings. The number of piperidine rings is 2. The van der Waals surface area contributed by atoms with Crippen LogP contribution in [0.5, 0.6) is 0 Å². The van der Waals surface area contributed by atoms with Crippen LogP contribution < -0.4 is 9.80 Å². The first-order valence-electron chi connectivity index (χ1n) is 15.3. The maximum absolute atomic E-state index is 11.4. The third kappa shape index (κ3) is 11.1. The van der Waals surface area contributed by atoms with E-state index in [1.165, 1.54) is 0 Å². The minimum Gasteiger partial charge on any atom is -0.481 e. The van der Waals surface area contributed by atoms with Gasteiger partial charge in [0, 0.05) is 79.8 Å². The van der Waals surface area contributed by atoms with Gasteiger partial charge in [-0.25, -0.2) is 0 Å². The van der Waals surface area contributed by atoms with E-state index >= 15 is 0 Å². The summed E-state index contributed by atoms with van der Waals surface area (Å²) in [6, 6.07) is 26.5. The van der Waals surface area contributed by atoms with Crippen molar-refractivity contribution < 1.29 is 33.6 Å². The fourth-order valence-electron chi connectivity index (χ4n) is 6.39. The Balaban J connectivity index is 0.000000327. The zero-order valence-electron chi connectivity index (χ0n) is 25.8. The summed E-state index contributed by atoms with van der Waals surface area (Å²) >= 11 is 36.8. The third-order valence-corrected chi connectivity index (χ3v) is 10.5. The van der Waals surface area contributed by atoms with Crippen molar-refractivity contribution in [1.82, 2.24) is 0 Å². The average molecular weight is 838 g/mol. The average Bonchev–Trinajstić information content (AvgIpc) is 3.05. The summed E-state index contributed by atoms with van der Waals surface area (Å²) in [6.07, 6.45) is 3.24. The second-order valence-corrected chi connectivity index (χ2v) is 14.4. The van der Waals surface area contributed by atoms with Gasteiger partial charge in [-0.05, 0) is 116 Å². The van der Waals surface area contributed by atoms with Gasteiger partial charge in [-0.15, -0.1) is 0 Å². The molecular weight excluding hydrogens is 796 g/mol. The minimum absolute atomic E-state index is 0. The second kappa shape index (κ2) is 20.5. The smallest absolute Gasteiger partial charge is 0.308 e. The molecule has 2 aliphatic heterocycles. The molecule has 1 unspecified atom stereocenters. The van der Waals surface area contributed by atoms with E-state index in [-0.39, 0.29) is 58.0 Å². The summed E-state index contributed by atoms with van der Waals surface area (Å²) in [7, 11) is 0. The van der Waals surface area contributed by atoms with E-state index in [0.29, 0.717) is 49.5 Å². The largest absolute Gasteiger partial charge is 0.481 e. The van der Waals surface area contributed by atoms with Crippen molar-refractivity contribution in [3.8, 4) is 0 Å². The number of hydrogen-bond donors (Lipinski definition) is 2. The van der Waals surface area contributed by atoms with Gasteiger partial charge in [0.1, 0.15) is 0 Å². The van der Waals surface area contributed by atoms with Crippen molar-refractivity contribution >= 4 is 86.9 Å². The number of nitrogens with zero attached hydrogens (tertiary/aromatic N) is 2. The predicted octanol–water partition coefficient (Wildman–Crippen LogP) is 12.6. The molecule has 2 heterocycles. The molecule has 0 aliphatic carbocycles. The Morgan fingerprint density at radius 1 is 0.600 bits per heavy atom. The van der Waals surface area contributed by atoms with E-state index in [1.807, 2.05) is 72.8 Å². The molecule has 4 atom stereocenters. The van der Waals surface area contributed by atoms with E-state index in [2.05, 4.69) is 9.80 Å². The molecule has 2 fully saturated rings. The monoisotopic (exact) mass is 835 g/mol. The van der Waals surface area contributed by atoms with E-state index in [0.717, 1.165) is 41.9 Å². The number of carboxylic acid groups (broad SMARTS) is 1. The standard InChI is InChI=1S/C18H16Cl3NO2.C18H18Cl3NO.2CH4.V/c19-12-2-5-14(6-3-12)22-10-11(18(23)24)1-8-17(22)15-7-4-13(20)9-16(15)21;19-13-2-5-15(6-3-13)22-10-12(11-23)1-8-18(22)16-7-4-14(20)9-17(16)21;;;/h2-7,9,11,17H,1,8,10H2,(H,23,24);2-7,9,12,18,23H,1,8,10-11H2;2*1H4;/t11?,17-;12-,18+;;;/m01.../s1. The summed E-state index contributed by atoms with van der Waals surface area (Å²) in [5.74, 6) is -0.898. The molecule has 0 bridgehead atoms. The van der Waals surface area contributed by atoms with Crippen molar-refractivity contribution in [1.29, 1.82) is 0 Å². The first-order valence-corrected chi connectivity index (χ1v) is 17.6. The number of anilines is 2. The summed E-state index contributed by atoms with van der Waals surface area (Å²) in [4.78, 5) is 15.8. The Morgan fingerprint density at radius 2 is 1.00 bits per heavy atom. The zero-order valence-corrected chi connectivity index (χ0v) is 31.7. The maximum Gasteiger partial charge on any atom is 0.308 e. The number of hydrogen-bond acceptors (Lipinski definition) is 4. The van der Waals surface area contributed by atoms with Crippen LogP contribution in [-0.4, -0.2) is 35.9 Å². The summed E-state index contributed by atoms with van der Waals surface area (Å²) in [5.41, 5.74) is 4.05. The first-order chi connectivity index (χ1) is 22.5. The Kier molecular flexibility index (Phi) is 18.2. The van der Waals surface area contributed by atoms with Gasteiger partial charge >= 0.3 is 5.97 Å². The first kappa shape index (κ1) is 44.4. The van der Waals surface area contributed by atoms with Crippen LogP contribution in [0.4, 0.5) is 11.4 Å². The number of carboxylic acids is 1. The quantitative estimate of drug-likeness (QED) is 0.203. The minimum atomic E-state index is -0.769. The molecule has 0 amide bonds. The van der Waals surface area contributed by atoms with Gasteiger partial charge in [0.2, 0.25) is 0 Å². The van der Waals surface area contributed by atoms with Crippen LogP contribution in [-0.2, 0) is 23.4 Å². The Labute approximate surface area is 338 Å². The van der Waals surface area contributed by atoms with E-state index < -0.39 is 11.9 Å². The molecule has 1 radical (unpaired) electrons. The zero-order chi connectivity index (χ0) is 33.7. The van der Waals surface area contributed by atoms with Gasteiger partial charge in [0.15, 0.2) is 0 Å². The van der Waals surface area contributed by atoms with Crippen molar-refractivity contribution in [2.75, 3.05) is 29.5 Å². The van der Waals surface area contributed by atoms with Crippen molar-refractivity contribution in [2.24, 2.45) is 11.8 Å². The normalized spacial score (nSPS) is 19.9. The van der Waals surface area contributed by atoms with Gasteiger partial charge in [0.25, 0.3) is 0 Å². The molecule has 269 valence electrons. The van der Waals surface area contributed by atoms with Crippen LogP contribution in [0, 0.1) is 11.8 Å². The predicted molar refractivity (Wildman–Crippen MR) is 210 cm³/mol. The number of benzene rings is 4. The molecule has 2 aliphatic rings. The topological polar surface area (TPSA) is 64.0 Å². The summed E-state index contributed by atoms with van der Waals surface area (Å²) in [5, 5.41) is 22.8. The van der Waals surface area contributed by atoms with Crippen LogP contribution in [0.3, 0.4) is 0 Å². The summed E-state index contributed by atoms with van der Waals surface area (Å²) in [6.45, 7) is 1.42. The molecule has 5 nitrogen and oxygen atoms in total. The fourth-order valence-corrected chi connectivity index (χ4v) is 7.71. The van der Waals surface area contributed by atoms with Crippen LogP contribution in [0.1, 0.15) is 63.7 Å². The molecule has 2 saturated heterocycles. The fraction of sp³-hybridized carbons (Fsp3) is 0.342. The number of aliphatic carboxylic acids is 1. The van der Waals surface area contributed by atoms with E-state index in [4.69, 9.17) is 69.6 Å². The molecule has 4 aromatic carbocycles. The molecule has 0 saturated carbocycles. The molecule has 2 N–H and O–H groups in total. The Bertz CT molecular complexity index is 1680. The van der Waals surface area contributed by atoms with Crippen molar-refractivity contribution in [3.63, 3.8) is 0 Å². The molecule has 12 heteroatoms. The van der Waals surface area contributed by atoms with Crippen molar-refractivity contribution in [3.05, 3.63) is 126 Å². The van der Waals surface area contributed by atoms with Gasteiger partial charge in [-0.2, -0.15) is 0 Å².